The highest BCUT2D eigenvalue weighted by Gasteiger charge is 2.20. The number of rotatable bonds is 9. The smallest absolute Gasteiger partial charge is 0.179 e. The third-order valence-corrected chi connectivity index (χ3v) is 7.51. The Kier molecular flexibility index (Phi) is 9.22. The summed E-state index contributed by atoms with van der Waals surface area (Å²) in [5.74, 6) is -0.578. The zero-order chi connectivity index (χ0) is 26.2. The molecule has 1 atom stereocenters. The van der Waals surface area contributed by atoms with Crippen molar-refractivity contribution in [2.24, 2.45) is 5.11 Å². The van der Waals surface area contributed by atoms with E-state index < -0.39 is 11.4 Å². The van der Waals surface area contributed by atoms with Crippen LogP contribution >= 0.6 is 0 Å². The summed E-state index contributed by atoms with van der Waals surface area (Å²) in [5.41, 5.74) is 13.3. The van der Waals surface area contributed by atoms with Gasteiger partial charge in [0.25, 0.3) is 0 Å². The van der Waals surface area contributed by atoms with E-state index >= 15 is 0 Å². The van der Waals surface area contributed by atoms with Crippen LogP contribution in [0.2, 0.25) is 0 Å². The van der Waals surface area contributed by atoms with Gasteiger partial charge in [-0.1, -0.05) is 47.5 Å². The minimum absolute atomic E-state index is 0.289. The molecule has 3 aromatic carbocycles. The lowest BCUT2D eigenvalue weighted by atomic mass is 9.88. The Bertz CT molecular complexity index is 1200. The molecule has 0 amide bonds. The highest BCUT2D eigenvalue weighted by molar-refractivity contribution is 7.89. The molecule has 1 aliphatic rings. The van der Waals surface area contributed by atoms with Crippen molar-refractivity contribution in [2.75, 3.05) is 19.6 Å². The molecular formula is C29H30F2N4OS. The fourth-order valence-electron chi connectivity index (χ4n) is 4.39. The van der Waals surface area contributed by atoms with Crippen LogP contribution in [-0.2, 0) is 11.4 Å². The maximum absolute atomic E-state index is 13.6. The van der Waals surface area contributed by atoms with E-state index in [-0.39, 0.29) is 11.6 Å². The lowest BCUT2D eigenvalue weighted by Gasteiger charge is -2.30. The van der Waals surface area contributed by atoms with E-state index in [1.165, 1.54) is 29.8 Å². The van der Waals surface area contributed by atoms with Crippen LogP contribution in [0.25, 0.3) is 5.57 Å². The van der Waals surface area contributed by atoms with Crippen molar-refractivity contribution in [3.8, 4) is 0 Å². The highest BCUT2D eigenvalue weighted by Crippen LogP contribution is 2.32. The van der Waals surface area contributed by atoms with Gasteiger partial charge in [0.1, 0.15) is 23.0 Å². The lowest BCUT2D eigenvalue weighted by Crippen LogP contribution is -2.32. The summed E-state index contributed by atoms with van der Waals surface area (Å²) in [4.78, 5) is 2.98. The van der Waals surface area contributed by atoms with Crippen molar-refractivity contribution in [3.63, 3.8) is 0 Å². The second kappa shape index (κ2) is 12.8. The summed E-state index contributed by atoms with van der Waals surface area (Å²) < 4.78 is 42.4. The summed E-state index contributed by atoms with van der Waals surface area (Å²) in [6.07, 6.45) is 3.77. The van der Waals surface area contributed by atoms with Gasteiger partial charge in [0, 0.05) is 26.1 Å². The van der Waals surface area contributed by atoms with Gasteiger partial charge in [0.2, 0.25) is 0 Å². The van der Waals surface area contributed by atoms with Crippen LogP contribution in [0.1, 0.15) is 36.0 Å². The molecule has 37 heavy (non-hydrogen) atoms. The van der Waals surface area contributed by atoms with Gasteiger partial charge in [-0.25, -0.2) is 19.0 Å². The number of aryl methyl sites for hydroxylation is 1. The number of hydrogen-bond donors (Lipinski definition) is 2. The first-order valence-corrected chi connectivity index (χ1v) is 13.4. The van der Waals surface area contributed by atoms with E-state index in [1.807, 2.05) is 31.2 Å². The van der Waals surface area contributed by atoms with Crippen molar-refractivity contribution >= 4 is 16.9 Å². The molecule has 8 heteroatoms. The van der Waals surface area contributed by atoms with E-state index in [9.17, 15) is 13.3 Å². The molecule has 0 aromatic heterocycles. The van der Waals surface area contributed by atoms with Crippen LogP contribution in [0.3, 0.4) is 0 Å². The first-order chi connectivity index (χ1) is 17.9. The fourth-order valence-corrected chi connectivity index (χ4v) is 5.15. The van der Waals surface area contributed by atoms with Crippen LogP contribution < -0.4 is 4.72 Å². The van der Waals surface area contributed by atoms with Gasteiger partial charge >= 0.3 is 0 Å². The Balaban J connectivity index is 1.39. The molecule has 1 aliphatic heterocycles. The molecule has 0 saturated carbocycles. The molecule has 1 saturated heterocycles. The number of nitrogens with zero attached hydrogens (tertiary/aromatic N) is 2. The van der Waals surface area contributed by atoms with E-state index in [2.05, 4.69) is 14.7 Å². The zero-order valence-corrected chi connectivity index (χ0v) is 21.5. The van der Waals surface area contributed by atoms with Crippen LogP contribution in [0, 0.1) is 24.1 Å². The SMILES string of the molecule is Cc1ccc([S+]([O-])N/C=C(/CCN2CCC(=C(c3ccc(F)cc3)c3ccc(F)cc3)CC2)N=N)cc1. The lowest BCUT2D eigenvalue weighted by molar-refractivity contribution is 0.259. The molecule has 5 nitrogen and oxygen atoms in total. The summed E-state index contributed by atoms with van der Waals surface area (Å²) in [6.45, 7) is 4.36. The average Bonchev–Trinajstić information content (AvgIpc) is 2.92. The molecule has 0 aliphatic carbocycles. The van der Waals surface area contributed by atoms with Crippen molar-refractivity contribution in [3.05, 3.63) is 119 Å². The van der Waals surface area contributed by atoms with Crippen LogP contribution in [0.15, 0.2) is 100 Å². The first kappa shape index (κ1) is 26.7. The molecular weight excluding hydrogens is 490 g/mol. The summed E-state index contributed by atoms with van der Waals surface area (Å²) in [7, 11) is 0. The van der Waals surface area contributed by atoms with Gasteiger partial charge in [-0.2, -0.15) is 5.11 Å². The Morgan fingerprint density at radius 3 is 2.00 bits per heavy atom. The molecule has 0 bridgehead atoms. The largest absolute Gasteiger partial charge is 0.588 e. The standard InChI is InChI=1S/C29H30F2N4OS/c1-21-2-12-28(13-3-21)37(36)33-20-27(34-32)16-19-35-17-14-24(15-18-35)29(22-4-8-25(30)9-5-22)23-6-10-26(31)11-7-23/h2-13,20,32-33H,14-19H2,1H3/b27-20-,34-32?. The highest BCUT2D eigenvalue weighted by atomic mass is 32.2. The molecule has 1 heterocycles. The van der Waals surface area contributed by atoms with E-state index in [0.717, 1.165) is 54.7 Å². The van der Waals surface area contributed by atoms with Crippen molar-refractivity contribution in [1.29, 1.82) is 5.53 Å². The zero-order valence-electron chi connectivity index (χ0n) is 20.7. The molecule has 3 aromatic rings. The second-order valence-electron chi connectivity index (χ2n) is 9.03. The number of piperidine rings is 1. The quantitative estimate of drug-likeness (QED) is 0.242. The average molecular weight is 521 g/mol. The number of nitrogens with one attached hydrogen (secondary N) is 2. The Morgan fingerprint density at radius 2 is 1.49 bits per heavy atom. The summed E-state index contributed by atoms with van der Waals surface area (Å²) in [6, 6.07) is 20.3. The van der Waals surface area contributed by atoms with Crippen molar-refractivity contribution in [1.82, 2.24) is 9.62 Å². The van der Waals surface area contributed by atoms with Gasteiger partial charge in [0.05, 0.1) is 11.9 Å². The number of hydrogen-bond acceptors (Lipinski definition) is 5. The number of halogens is 2. The maximum atomic E-state index is 13.6. The van der Waals surface area contributed by atoms with Crippen molar-refractivity contribution < 1.29 is 13.3 Å². The normalized spacial score (nSPS) is 15.4. The summed E-state index contributed by atoms with van der Waals surface area (Å²) in [5, 5.41) is 3.61. The predicted octanol–water partition coefficient (Wildman–Crippen LogP) is 6.75. The fraction of sp³-hybridized carbons (Fsp3) is 0.241. The number of likely N-dealkylation sites (tertiary alicyclic amines) is 1. The Labute approximate surface area is 219 Å². The third kappa shape index (κ3) is 7.35. The second-order valence-corrected chi connectivity index (χ2v) is 10.3. The molecule has 2 N–H and O–H groups in total. The van der Waals surface area contributed by atoms with Crippen LogP contribution in [0.4, 0.5) is 8.78 Å². The molecule has 1 unspecified atom stereocenters. The predicted molar refractivity (Wildman–Crippen MR) is 143 cm³/mol. The molecule has 1 fully saturated rings. The third-order valence-electron chi connectivity index (χ3n) is 6.47. The molecule has 0 spiro atoms. The monoisotopic (exact) mass is 520 g/mol. The Morgan fingerprint density at radius 1 is 0.946 bits per heavy atom. The minimum Gasteiger partial charge on any atom is -0.588 e. The maximum Gasteiger partial charge on any atom is 0.179 e. The van der Waals surface area contributed by atoms with Gasteiger partial charge in [-0.3, -0.25) is 0 Å². The van der Waals surface area contributed by atoms with E-state index in [0.29, 0.717) is 17.0 Å². The first-order valence-electron chi connectivity index (χ1n) is 12.2. The van der Waals surface area contributed by atoms with Gasteiger partial charge in [-0.05, 0) is 72.9 Å². The van der Waals surface area contributed by atoms with Gasteiger partial charge in [-0.15, -0.1) is 0 Å². The van der Waals surface area contributed by atoms with Crippen molar-refractivity contribution in [2.45, 2.75) is 31.1 Å². The topological polar surface area (TPSA) is 74.5 Å². The minimum atomic E-state index is -1.41. The van der Waals surface area contributed by atoms with Crippen LogP contribution in [0.5, 0.6) is 0 Å². The molecule has 0 radical (unpaired) electrons. The van der Waals surface area contributed by atoms with Gasteiger partial charge < -0.3 is 9.45 Å². The Hall–Kier alpha value is -3.33. The van der Waals surface area contributed by atoms with Gasteiger partial charge in [0.15, 0.2) is 4.90 Å². The van der Waals surface area contributed by atoms with E-state index in [1.54, 1.807) is 30.5 Å². The summed E-state index contributed by atoms with van der Waals surface area (Å²) >= 11 is -1.41. The van der Waals surface area contributed by atoms with E-state index in [4.69, 9.17) is 5.53 Å². The molecule has 4 rings (SSSR count). The number of benzene rings is 3. The molecule has 192 valence electrons. The van der Waals surface area contributed by atoms with Crippen LogP contribution in [-0.4, -0.2) is 29.1 Å².